The Morgan fingerprint density at radius 1 is 1.16 bits per heavy atom. The van der Waals surface area contributed by atoms with Crippen LogP contribution >= 0.6 is 0 Å². The Labute approximate surface area is 146 Å². The molecule has 126 valence electrons. The third-order valence-corrected chi connectivity index (χ3v) is 4.48. The summed E-state index contributed by atoms with van der Waals surface area (Å²) in [6, 6.07) is 16.4. The molecule has 2 aromatic rings. The molecule has 25 heavy (non-hydrogen) atoms. The van der Waals surface area contributed by atoms with Crippen LogP contribution in [0, 0.1) is 16.7 Å². The highest BCUT2D eigenvalue weighted by Crippen LogP contribution is 2.32. The van der Waals surface area contributed by atoms with Crippen LogP contribution in [0.25, 0.3) is 0 Å². The number of anilines is 2. The minimum absolute atomic E-state index is 0.230. The predicted molar refractivity (Wildman–Crippen MR) is 96.1 cm³/mol. The Kier molecular flexibility index (Phi) is 4.28. The van der Waals surface area contributed by atoms with Gasteiger partial charge in [-0.2, -0.15) is 5.26 Å². The number of hydrogen-bond donors (Lipinski definition) is 1. The van der Waals surface area contributed by atoms with Crippen LogP contribution in [-0.2, 0) is 16.0 Å². The van der Waals surface area contributed by atoms with E-state index in [2.05, 4.69) is 5.32 Å². The van der Waals surface area contributed by atoms with Crippen molar-refractivity contribution in [3.05, 3.63) is 59.7 Å². The SMILES string of the molecule is CC(C)(C(=O)Nc1cccc(C#N)c1)C(=O)N1CCc2ccccc21. The summed E-state index contributed by atoms with van der Waals surface area (Å²) in [5.41, 5.74) is 1.73. The van der Waals surface area contributed by atoms with Gasteiger partial charge in [-0.05, 0) is 50.1 Å². The first kappa shape index (κ1) is 16.7. The molecule has 0 unspecified atom stereocenters. The summed E-state index contributed by atoms with van der Waals surface area (Å²) in [5.74, 6) is -0.622. The Morgan fingerprint density at radius 3 is 2.68 bits per heavy atom. The number of fused-ring (bicyclic) bond motifs is 1. The van der Waals surface area contributed by atoms with Gasteiger partial charge < -0.3 is 10.2 Å². The van der Waals surface area contributed by atoms with E-state index in [9.17, 15) is 9.59 Å². The topological polar surface area (TPSA) is 73.2 Å². The lowest BCUT2D eigenvalue weighted by atomic mass is 9.90. The van der Waals surface area contributed by atoms with Gasteiger partial charge in [0, 0.05) is 17.9 Å². The number of rotatable bonds is 3. The maximum absolute atomic E-state index is 13.0. The lowest BCUT2D eigenvalue weighted by Gasteiger charge is -2.28. The van der Waals surface area contributed by atoms with Crippen molar-refractivity contribution in [3.63, 3.8) is 0 Å². The van der Waals surface area contributed by atoms with Crippen LogP contribution in [0.15, 0.2) is 48.5 Å². The number of nitrogens with one attached hydrogen (secondary N) is 1. The van der Waals surface area contributed by atoms with Crippen molar-refractivity contribution in [2.45, 2.75) is 20.3 Å². The number of hydrogen-bond acceptors (Lipinski definition) is 3. The Balaban J connectivity index is 1.80. The zero-order valence-corrected chi connectivity index (χ0v) is 14.2. The first-order valence-corrected chi connectivity index (χ1v) is 8.15. The summed E-state index contributed by atoms with van der Waals surface area (Å²) in [6.07, 6.45) is 0.795. The average molecular weight is 333 g/mol. The number of carbonyl (C=O) groups is 2. The normalized spacial score (nSPS) is 13.1. The summed E-state index contributed by atoms with van der Waals surface area (Å²) < 4.78 is 0. The fraction of sp³-hybridized carbons (Fsp3) is 0.250. The highest BCUT2D eigenvalue weighted by atomic mass is 16.2. The fourth-order valence-electron chi connectivity index (χ4n) is 2.94. The van der Waals surface area contributed by atoms with E-state index in [1.807, 2.05) is 30.3 Å². The van der Waals surface area contributed by atoms with Crippen molar-refractivity contribution in [2.24, 2.45) is 5.41 Å². The van der Waals surface area contributed by atoms with E-state index in [0.29, 0.717) is 17.8 Å². The van der Waals surface area contributed by atoms with Gasteiger partial charge >= 0.3 is 0 Å². The molecular weight excluding hydrogens is 314 g/mol. The monoisotopic (exact) mass is 333 g/mol. The van der Waals surface area contributed by atoms with Gasteiger partial charge in [0.15, 0.2) is 0 Å². The van der Waals surface area contributed by atoms with Crippen LogP contribution in [0.4, 0.5) is 11.4 Å². The number of nitriles is 1. The highest BCUT2D eigenvalue weighted by Gasteiger charge is 2.41. The van der Waals surface area contributed by atoms with E-state index < -0.39 is 11.3 Å². The summed E-state index contributed by atoms with van der Waals surface area (Å²) in [6.45, 7) is 3.83. The van der Waals surface area contributed by atoms with Crippen molar-refractivity contribution >= 4 is 23.2 Å². The van der Waals surface area contributed by atoms with Crippen LogP contribution in [-0.4, -0.2) is 18.4 Å². The Bertz CT molecular complexity index is 881. The van der Waals surface area contributed by atoms with Crippen molar-refractivity contribution in [1.82, 2.24) is 0 Å². The molecule has 2 amide bonds. The number of nitrogens with zero attached hydrogens (tertiary/aromatic N) is 2. The molecule has 0 fully saturated rings. The van der Waals surface area contributed by atoms with Crippen LogP contribution < -0.4 is 10.2 Å². The molecule has 0 aromatic heterocycles. The van der Waals surface area contributed by atoms with E-state index in [1.165, 1.54) is 0 Å². The number of para-hydroxylation sites is 1. The first-order valence-electron chi connectivity index (χ1n) is 8.15. The molecule has 1 heterocycles. The molecule has 3 rings (SSSR count). The van der Waals surface area contributed by atoms with Gasteiger partial charge in [-0.3, -0.25) is 9.59 Å². The van der Waals surface area contributed by atoms with Gasteiger partial charge in [-0.1, -0.05) is 24.3 Å². The van der Waals surface area contributed by atoms with Gasteiger partial charge in [0.25, 0.3) is 0 Å². The summed E-state index contributed by atoms with van der Waals surface area (Å²) in [7, 11) is 0. The Morgan fingerprint density at radius 2 is 1.92 bits per heavy atom. The molecule has 0 saturated heterocycles. The molecule has 0 bridgehead atoms. The second kappa shape index (κ2) is 6.40. The van der Waals surface area contributed by atoms with E-state index in [4.69, 9.17) is 5.26 Å². The van der Waals surface area contributed by atoms with Gasteiger partial charge in [-0.25, -0.2) is 0 Å². The van der Waals surface area contributed by atoms with E-state index >= 15 is 0 Å². The second-order valence-electron chi connectivity index (χ2n) is 6.61. The number of benzene rings is 2. The standard InChI is InChI=1S/C20H19N3O2/c1-20(2,18(24)22-16-8-5-6-14(12-16)13-21)19(25)23-11-10-15-7-3-4-9-17(15)23/h3-9,12H,10-11H2,1-2H3,(H,22,24). The van der Waals surface area contributed by atoms with Gasteiger partial charge in [0.05, 0.1) is 11.6 Å². The van der Waals surface area contributed by atoms with Crippen LogP contribution in [0.2, 0.25) is 0 Å². The smallest absolute Gasteiger partial charge is 0.242 e. The molecular formula is C20H19N3O2. The Hall–Kier alpha value is -3.13. The van der Waals surface area contributed by atoms with Crippen LogP contribution in [0.3, 0.4) is 0 Å². The van der Waals surface area contributed by atoms with E-state index in [0.717, 1.165) is 17.7 Å². The molecule has 0 saturated carbocycles. The average Bonchev–Trinajstić information content (AvgIpc) is 3.05. The van der Waals surface area contributed by atoms with Crippen molar-refractivity contribution < 1.29 is 9.59 Å². The van der Waals surface area contributed by atoms with Crippen molar-refractivity contribution in [3.8, 4) is 6.07 Å². The van der Waals surface area contributed by atoms with Gasteiger partial charge in [0.2, 0.25) is 11.8 Å². The highest BCUT2D eigenvalue weighted by molar-refractivity contribution is 6.15. The minimum atomic E-state index is -1.22. The van der Waals surface area contributed by atoms with Gasteiger partial charge in [0.1, 0.15) is 5.41 Å². The quantitative estimate of drug-likeness (QED) is 0.877. The van der Waals surface area contributed by atoms with Gasteiger partial charge in [-0.15, -0.1) is 0 Å². The maximum Gasteiger partial charge on any atom is 0.242 e. The predicted octanol–water partition coefficient (Wildman–Crippen LogP) is 3.11. The van der Waals surface area contributed by atoms with Crippen LogP contribution in [0.1, 0.15) is 25.0 Å². The minimum Gasteiger partial charge on any atom is -0.325 e. The number of amides is 2. The molecule has 2 aromatic carbocycles. The largest absolute Gasteiger partial charge is 0.325 e. The maximum atomic E-state index is 13.0. The third kappa shape index (κ3) is 3.11. The molecule has 5 nitrogen and oxygen atoms in total. The number of carbonyl (C=O) groups excluding carboxylic acids is 2. The summed E-state index contributed by atoms with van der Waals surface area (Å²) in [4.78, 5) is 27.4. The molecule has 1 aliphatic rings. The third-order valence-electron chi connectivity index (χ3n) is 4.48. The molecule has 0 atom stereocenters. The van der Waals surface area contributed by atoms with Crippen molar-refractivity contribution in [1.29, 1.82) is 5.26 Å². The van der Waals surface area contributed by atoms with Crippen LogP contribution in [0.5, 0.6) is 0 Å². The molecule has 0 aliphatic carbocycles. The van der Waals surface area contributed by atoms with Crippen molar-refractivity contribution in [2.75, 3.05) is 16.8 Å². The zero-order chi connectivity index (χ0) is 18.0. The lowest BCUT2D eigenvalue weighted by molar-refractivity contribution is -0.136. The summed E-state index contributed by atoms with van der Waals surface area (Å²) in [5, 5.41) is 11.7. The summed E-state index contributed by atoms with van der Waals surface area (Å²) >= 11 is 0. The second-order valence-corrected chi connectivity index (χ2v) is 6.61. The molecule has 5 heteroatoms. The fourth-order valence-corrected chi connectivity index (χ4v) is 2.94. The zero-order valence-electron chi connectivity index (χ0n) is 14.2. The van der Waals surface area contributed by atoms with E-state index in [-0.39, 0.29) is 5.91 Å². The molecule has 1 aliphatic heterocycles. The molecule has 0 radical (unpaired) electrons. The molecule has 1 N–H and O–H groups in total. The molecule has 0 spiro atoms. The first-order chi connectivity index (χ1) is 11.9. The van der Waals surface area contributed by atoms with E-state index in [1.54, 1.807) is 43.0 Å². The lowest BCUT2D eigenvalue weighted by Crippen LogP contribution is -2.47.